The molecule has 0 aliphatic rings. The zero-order chi connectivity index (χ0) is 9.14. The number of hydrogen-bond acceptors (Lipinski definition) is 2. The van der Waals surface area contributed by atoms with Crippen LogP contribution < -0.4 is 5.73 Å². The molecule has 0 saturated heterocycles. The van der Waals surface area contributed by atoms with E-state index in [0.29, 0.717) is 0 Å². The minimum absolute atomic E-state index is 0.261. The topological polar surface area (TPSA) is 46.2 Å². The molecule has 1 atom stereocenters. The van der Waals surface area contributed by atoms with Gasteiger partial charge in [-0.2, -0.15) is 0 Å². The van der Waals surface area contributed by atoms with E-state index in [1.54, 1.807) is 0 Å². The summed E-state index contributed by atoms with van der Waals surface area (Å²) in [6.45, 7) is 2.22. The number of halogens is 1. The summed E-state index contributed by atoms with van der Waals surface area (Å²) in [4.78, 5) is 0. The zero-order valence-corrected chi connectivity index (χ0v) is 8.51. The van der Waals surface area contributed by atoms with E-state index in [1.807, 2.05) is 25.1 Å². The second-order valence-electron chi connectivity index (χ2n) is 2.75. The first-order valence-electron chi connectivity index (χ1n) is 3.79. The van der Waals surface area contributed by atoms with Gasteiger partial charge < -0.3 is 10.8 Å². The molecule has 0 radical (unpaired) electrons. The highest BCUT2D eigenvalue weighted by molar-refractivity contribution is 9.10. The van der Waals surface area contributed by atoms with Gasteiger partial charge in [-0.05, 0) is 30.2 Å². The third kappa shape index (κ3) is 2.06. The monoisotopic (exact) mass is 229 g/mol. The molecule has 12 heavy (non-hydrogen) atoms. The summed E-state index contributed by atoms with van der Waals surface area (Å²) >= 11 is 3.34. The molecule has 1 rings (SSSR count). The lowest BCUT2D eigenvalue weighted by atomic mass is 10.0. The Kier molecular flexibility index (Phi) is 3.26. The van der Waals surface area contributed by atoms with E-state index < -0.39 is 6.10 Å². The summed E-state index contributed by atoms with van der Waals surface area (Å²) < 4.78 is 0.968. The van der Waals surface area contributed by atoms with Gasteiger partial charge in [-0.25, -0.2) is 0 Å². The lowest BCUT2D eigenvalue weighted by molar-refractivity contribution is 0.186. The predicted octanol–water partition coefficient (Wildman–Crippen LogP) is 1.75. The van der Waals surface area contributed by atoms with Crippen LogP contribution in [0.3, 0.4) is 0 Å². The summed E-state index contributed by atoms with van der Waals surface area (Å²) in [5.74, 6) is 0. The summed E-state index contributed by atoms with van der Waals surface area (Å²) in [5.41, 5.74) is 7.32. The Morgan fingerprint density at radius 3 is 2.83 bits per heavy atom. The molecule has 1 aromatic carbocycles. The van der Waals surface area contributed by atoms with E-state index >= 15 is 0 Å². The molecule has 0 fully saturated rings. The number of aryl methyl sites for hydroxylation is 1. The lowest BCUT2D eigenvalue weighted by Gasteiger charge is -2.11. The molecular weight excluding hydrogens is 218 g/mol. The highest BCUT2D eigenvalue weighted by Crippen LogP contribution is 2.21. The van der Waals surface area contributed by atoms with E-state index in [0.717, 1.165) is 15.6 Å². The second-order valence-corrected chi connectivity index (χ2v) is 3.67. The van der Waals surface area contributed by atoms with E-state index in [4.69, 9.17) is 5.73 Å². The van der Waals surface area contributed by atoms with Gasteiger partial charge in [0.25, 0.3) is 0 Å². The molecule has 1 unspecified atom stereocenters. The van der Waals surface area contributed by atoms with Crippen molar-refractivity contribution in [2.75, 3.05) is 6.54 Å². The minimum atomic E-state index is -0.553. The summed E-state index contributed by atoms with van der Waals surface area (Å²) in [7, 11) is 0. The molecule has 3 N–H and O–H groups in total. The van der Waals surface area contributed by atoms with Gasteiger partial charge in [0, 0.05) is 11.0 Å². The van der Waals surface area contributed by atoms with Crippen LogP contribution in [0.15, 0.2) is 22.7 Å². The largest absolute Gasteiger partial charge is 0.387 e. The Hall–Kier alpha value is -0.380. The number of nitrogens with two attached hydrogens (primary N) is 1. The van der Waals surface area contributed by atoms with Crippen molar-refractivity contribution in [2.45, 2.75) is 13.0 Å². The Balaban J connectivity index is 3.04. The number of aliphatic hydroxyl groups is 1. The molecule has 0 amide bonds. The van der Waals surface area contributed by atoms with Crippen LogP contribution in [0.1, 0.15) is 17.2 Å². The average Bonchev–Trinajstić information content (AvgIpc) is 2.08. The molecule has 0 heterocycles. The van der Waals surface area contributed by atoms with E-state index in [1.165, 1.54) is 0 Å². The van der Waals surface area contributed by atoms with Gasteiger partial charge in [0.15, 0.2) is 0 Å². The van der Waals surface area contributed by atoms with Crippen molar-refractivity contribution < 1.29 is 5.11 Å². The van der Waals surface area contributed by atoms with E-state index in [-0.39, 0.29) is 6.54 Å². The van der Waals surface area contributed by atoms with Gasteiger partial charge in [0.2, 0.25) is 0 Å². The Morgan fingerprint density at radius 1 is 1.58 bits per heavy atom. The lowest BCUT2D eigenvalue weighted by Crippen LogP contribution is -2.12. The van der Waals surface area contributed by atoms with E-state index in [9.17, 15) is 5.11 Å². The van der Waals surface area contributed by atoms with Crippen molar-refractivity contribution in [3.8, 4) is 0 Å². The molecule has 0 aliphatic carbocycles. The van der Waals surface area contributed by atoms with Crippen LogP contribution in [-0.4, -0.2) is 11.7 Å². The van der Waals surface area contributed by atoms with Crippen LogP contribution in [-0.2, 0) is 0 Å². The van der Waals surface area contributed by atoms with Crippen LogP contribution >= 0.6 is 15.9 Å². The smallest absolute Gasteiger partial charge is 0.0915 e. The molecule has 0 bridgehead atoms. The SMILES string of the molecule is Cc1ccc(Br)cc1C(O)CN. The Labute approximate surface area is 80.5 Å². The average molecular weight is 230 g/mol. The maximum Gasteiger partial charge on any atom is 0.0915 e. The summed E-state index contributed by atoms with van der Waals surface area (Å²) in [6.07, 6.45) is -0.553. The molecule has 2 nitrogen and oxygen atoms in total. The third-order valence-electron chi connectivity index (χ3n) is 1.82. The van der Waals surface area contributed by atoms with Crippen molar-refractivity contribution in [3.63, 3.8) is 0 Å². The first-order valence-corrected chi connectivity index (χ1v) is 4.58. The maximum atomic E-state index is 9.49. The fourth-order valence-electron chi connectivity index (χ4n) is 1.10. The standard InChI is InChI=1S/C9H12BrNO/c1-6-2-3-7(10)4-8(6)9(12)5-11/h2-4,9,12H,5,11H2,1H3. The molecule has 1 aromatic rings. The normalized spacial score (nSPS) is 13.0. The highest BCUT2D eigenvalue weighted by Gasteiger charge is 2.07. The maximum absolute atomic E-state index is 9.49. The molecule has 66 valence electrons. The molecule has 0 saturated carbocycles. The van der Waals surface area contributed by atoms with E-state index in [2.05, 4.69) is 15.9 Å². The fraction of sp³-hybridized carbons (Fsp3) is 0.333. The summed E-state index contributed by atoms with van der Waals surface area (Å²) in [6, 6.07) is 5.80. The van der Waals surface area contributed by atoms with Crippen molar-refractivity contribution >= 4 is 15.9 Å². The number of benzene rings is 1. The minimum Gasteiger partial charge on any atom is -0.387 e. The molecular formula is C9H12BrNO. The van der Waals surface area contributed by atoms with Crippen LogP contribution in [0.2, 0.25) is 0 Å². The Bertz CT molecular complexity index is 275. The van der Waals surface area contributed by atoms with Crippen molar-refractivity contribution in [1.29, 1.82) is 0 Å². The molecule has 0 aliphatic heterocycles. The summed E-state index contributed by atoms with van der Waals surface area (Å²) in [5, 5.41) is 9.49. The van der Waals surface area contributed by atoms with Gasteiger partial charge in [0.05, 0.1) is 6.10 Å². The van der Waals surface area contributed by atoms with Crippen LogP contribution in [0, 0.1) is 6.92 Å². The van der Waals surface area contributed by atoms with Crippen LogP contribution in [0.4, 0.5) is 0 Å². The number of hydrogen-bond donors (Lipinski definition) is 2. The van der Waals surface area contributed by atoms with Gasteiger partial charge in [-0.1, -0.05) is 22.0 Å². The molecule has 0 aromatic heterocycles. The third-order valence-corrected chi connectivity index (χ3v) is 2.32. The van der Waals surface area contributed by atoms with Crippen LogP contribution in [0.5, 0.6) is 0 Å². The van der Waals surface area contributed by atoms with Gasteiger partial charge in [-0.15, -0.1) is 0 Å². The fourth-order valence-corrected chi connectivity index (χ4v) is 1.48. The number of aliphatic hydroxyl groups excluding tert-OH is 1. The molecule has 3 heteroatoms. The quantitative estimate of drug-likeness (QED) is 0.812. The first kappa shape index (κ1) is 9.71. The van der Waals surface area contributed by atoms with Gasteiger partial charge in [-0.3, -0.25) is 0 Å². The van der Waals surface area contributed by atoms with Crippen molar-refractivity contribution in [2.24, 2.45) is 5.73 Å². The molecule has 0 spiro atoms. The van der Waals surface area contributed by atoms with Crippen molar-refractivity contribution in [1.82, 2.24) is 0 Å². The van der Waals surface area contributed by atoms with Gasteiger partial charge in [0.1, 0.15) is 0 Å². The van der Waals surface area contributed by atoms with Crippen LogP contribution in [0.25, 0.3) is 0 Å². The highest BCUT2D eigenvalue weighted by atomic mass is 79.9. The second kappa shape index (κ2) is 4.03. The Morgan fingerprint density at radius 2 is 2.25 bits per heavy atom. The zero-order valence-electron chi connectivity index (χ0n) is 6.92. The number of rotatable bonds is 2. The van der Waals surface area contributed by atoms with Crippen molar-refractivity contribution in [3.05, 3.63) is 33.8 Å². The predicted molar refractivity (Wildman–Crippen MR) is 52.9 cm³/mol. The van der Waals surface area contributed by atoms with Gasteiger partial charge >= 0.3 is 0 Å². The first-order chi connectivity index (χ1) is 5.65.